The Bertz CT molecular complexity index is 1240. The van der Waals surface area contributed by atoms with E-state index in [4.69, 9.17) is 0 Å². The van der Waals surface area contributed by atoms with Gasteiger partial charge in [-0.3, -0.25) is 33.7 Å². The summed E-state index contributed by atoms with van der Waals surface area (Å²) in [7, 11) is 0. The first-order valence-corrected chi connectivity index (χ1v) is 17.7. The van der Waals surface area contributed by atoms with Gasteiger partial charge in [0.2, 0.25) is 29.4 Å². The van der Waals surface area contributed by atoms with E-state index in [-0.39, 0.29) is 62.5 Å². The Morgan fingerprint density at radius 3 is 2.06 bits per heavy atom. The average Bonchev–Trinajstić information content (AvgIpc) is 3.46. The van der Waals surface area contributed by atoms with Gasteiger partial charge >= 0.3 is 6.03 Å². The van der Waals surface area contributed by atoms with Crippen LogP contribution in [0.2, 0.25) is 0 Å². The summed E-state index contributed by atoms with van der Waals surface area (Å²) in [6, 6.07) is -4.27. The molecule has 4 N–H and O–H groups in total. The predicted octanol–water partition coefficient (Wildman–Crippen LogP) is 3.07. The molecule has 2 rings (SSSR count). The number of hydrogen-bond acceptors (Lipinski definition) is 7. The smallest absolute Gasteiger partial charge is 0.315 e. The maximum Gasteiger partial charge on any atom is 0.315 e. The number of Topliss-reactive ketones (excluding diaryl/α,β-unsaturated/α-hetero) is 1. The van der Waals surface area contributed by atoms with Crippen LogP contribution in [0.25, 0.3) is 0 Å². The molecule has 49 heavy (non-hydrogen) atoms. The maximum atomic E-state index is 14.4. The fourth-order valence-electron chi connectivity index (χ4n) is 6.31. The number of nitrogens with zero attached hydrogens (tertiary/aromatic N) is 2. The summed E-state index contributed by atoms with van der Waals surface area (Å²) in [5.41, 5.74) is -1.31. The molecule has 2 heterocycles. The van der Waals surface area contributed by atoms with E-state index in [9.17, 15) is 33.6 Å². The molecule has 13 heteroatoms. The van der Waals surface area contributed by atoms with Gasteiger partial charge in [-0.25, -0.2) is 4.79 Å². The highest BCUT2D eigenvalue weighted by molar-refractivity contribution is 6.38. The number of carbonyl (C=O) groups excluding carboxylic acids is 7. The Kier molecular flexibility index (Phi) is 15.0. The van der Waals surface area contributed by atoms with E-state index in [0.29, 0.717) is 19.3 Å². The Balaban J connectivity index is 2.34. The first-order valence-electron chi connectivity index (χ1n) is 17.7. The Hall–Kier alpha value is -3.77. The van der Waals surface area contributed by atoms with Crippen molar-refractivity contribution in [2.45, 2.75) is 131 Å². The monoisotopic (exact) mass is 688 g/mol. The van der Waals surface area contributed by atoms with Crippen LogP contribution in [0.1, 0.15) is 107 Å². The second kappa shape index (κ2) is 17.8. The number of nitrogens with one attached hydrogen (secondary N) is 4. The van der Waals surface area contributed by atoms with Crippen molar-refractivity contribution in [1.29, 1.82) is 0 Å². The highest BCUT2D eigenvalue weighted by Crippen LogP contribution is 2.33. The highest BCUT2D eigenvalue weighted by Gasteiger charge is 2.48. The number of hydrogen-bond donors (Lipinski definition) is 4. The molecule has 2 unspecified atom stereocenters. The second-order valence-electron chi connectivity index (χ2n) is 15.8. The number of likely N-dealkylation sites (tertiary alicyclic amines) is 2. The van der Waals surface area contributed by atoms with Gasteiger partial charge in [0, 0.05) is 32.5 Å². The van der Waals surface area contributed by atoms with Crippen molar-refractivity contribution in [3.8, 4) is 0 Å². The van der Waals surface area contributed by atoms with Gasteiger partial charge in [0.25, 0.3) is 5.91 Å². The summed E-state index contributed by atoms with van der Waals surface area (Å²) < 4.78 is 0. The molecular formula is C36H60N6O7. The van der Waals surface area contributed by atoms with E-state index in [0.717, 1.165) is 6.42 Å². The molecule has 0 saturated carbocycles. The normalized spacial score (nSPS) is 20.4. The molecule has 0 spiro atoms. The van der Waals surface area contributed by atoms with Gasteiger partial charge in [0.1, 0.15) is 12.1 Å². The van der Waals surface area contributed by atoms with E-state index >= 15 is 0 Å². The number of imide groups is 1. The van der Waals surface area contributed by atoms with Crippen LogP contribution in [0.3, 0.4) is 0 Å². The molecule has 13 nitrogen and oxygen atoms in total. The van der Waals surface area contributed by atoms with E-state index in [1.165, 1.54) is 15.9 Å². The molecule has 7 amide bonds. The van der Waals surface area contributed by atoms with Crippen LogP contribution in [-0.2, 0) is 28.8 Å². The first kappa shape index (κ1) is 41.4. The van der Waals surface area contributed by atoms with Crippen LogP contribution in [-0.4, -0.2) is 95.0 Å². The van der Waals surface area contributed by atoms with Gasteiger partial charge in [-0.05, 0) is 41.9 Å². The van der Waals surface area contributed by atoms with Crippen molar-refractivity contribution < 1.29 is 33.6 Å². The molecule has 0 aromatic rings. The second-order valence-corrected chi connectivity index (χ2v) is 15.8. The zero-order chi connectivity index (χ0) is 37.3. The van der Waals surface area contributed by atoms with E-state index in [1.54, 1.807) is 0 Å². The summed E-state index contributed by atoms with van der Waals surface area (Å²) in [5, 5.41) is 11.0. The number of amides is 7. The van der Waals surface area contributed by atoms with Crippen LogP contribution in [0, 0.1) is 22.7 Å². The molecule has 2 aliphatic rings. The van der Waals surface area contributed by atoms with E-state index in [2.05, 4.69) is 27.8 Å². The minimum atomic E-state index is -1.06. The quantitative estimate of drug-likeness (QED) is 0.116. The summed E-state index contributed by atoms with van der Waals surface area (Å²) >= 11 is 0. The van der Waals surface area contributed by atoms with Crippen LogP contribution in [0.15, 0.2) is 12.7 Å². The Labute approximate surface area is 292 Å². The standard InChI is InChI=1S/C36H60N6O7/c1-11-13-15-24(29(45)32(47)37-19-12-2)38-31(46)28-23(22(3)4)18-20-41(28)33(48)30(36(8,9)10)40-34(49)39-25(35(5,6)7)21-42-26(43)16-14-17-27(42)44/h12,22-25,28,30H,2,11,13-21H2,1,3-10H3,(H,37,47)(H,38,46)(H2,39,40,49)/t23?,24?,25-,28+,30-/m1/s1. The van der Waals surface area contributed by atoms with Gasteiger partial charge in [0.05, 0.1) is 12.1 Å². The zero-order valence-electron chi connectivity index (χ0n) is 31.1. The number of piperidine rings is 1. The summed E-state index contributed by atoms with van der Waals surface area (Å²) in [6.45, 7) is 20.9. The SMILES string of the molecule is C=CCNC(=O)C(=O)C(CCCC)NC(=O)[C@@H]1C(C(C)C)CCN1C(=O)[C@@H](NC(=O)N[C@H](CN1C(=O)CCCC1=O)C(C)(C)C)C(C)(C)C. The van der Waals surface area contributed by atoms with Crippen molar-refractivity contribution >= 4 is 41.4 Å². The van der Waals surface area contributed by atoms with Gasteiger partial charge in [-0.1, -0.05) is 81.2 Å². The third-order valence-electron chi connectivity index (χ3n) is 9.45. The number of rotatable bonds is 15. The lowest BCUT2D eigenvalue weighted by Gasteiger charge is -2.39. The summed E-state index contributed by atoms with van der Waals surface area (Å²) in [5.74, 6) is -3.28. The fourth-order valence-corrected chi connectivity index (χ4v) is 6.31. The zero-order valence-corrected chi connectivity index (χ0v) is 31.1. The molecule has 5 atom stereocenters. The lowest BCUT2D eigenvalue weighted by atomic mass is 9.84. The molecule has 0 radical (unpaired) electrons. The van der Waals surface area contributed by atoms with Gasteiger partial charge in [0.15, 0.2) is 0 Å². The Morgan fingerprint density at radius 1 is 0.939 bits per heavy atom. The summed E-state index contributed by atoms with van der Waals surface area (Å²) in [6.07, 6.45) is 4.67. The first-order chi connectivity index (χ1) is 22.7. The lowest BCUT2D eigenvalue weighted by Crippen LogP contribution is -2.62. The van der Waals surface area contributed by atoms with Crippen molar-refractivity contribution in [1.82, 2.24) is 31.1 Å². The molecule has 0 aromatic carbocycles. The van der Waals surface area contributed by atoms with Crippen LogP contribution in [0.5, 0.6) is 0 Å². The van der Waals surface area contributed by atoms with Gasteiger partial charge in [-0.15, -0.1) is 6.58 Å². The maximum absolute atomic E-state index is 14.4. The molecule has 0 aliphatic carbocycles. The molecule has 2 saturated heterocycles. The van der Waals surface area contributed by atoms with Crippen LogP contribution in [0.4, 0.5) is 4.79 Å². The largest absolute Gasteiger partial charge is 0.346 e. The average molecular weight is 689 g/mol. The molecule has 276 valence electrons. The van der Waals surface area contributed by atoms with Crippen LogP contribution < -0.4 is 21.3 Å². The highest BCUT2D eigenvalue weighted by atomic mass is 16.2. The molecule has 0 aromatic heterocycles. The number of carbonyl (C=O) groups is 7. The fraction of sp³-hybridized carbons (Fsp3) is 0.750. The van der Waals surface area contributed by atoms with Crippen molar-refractivity contribution in [3.63, 3.8) is 0 Å². The minimum absolute atomic E-state index is 0.0106. The third-order valence-corrected chi connectivity index (χ3v) is 9.45. The predicted molar refractivity (Wildman–Crippen MR) is 187 cm³/mol. The van der Waals surface area contributed by atoms with Gasteiger partial charge < -0.3 is 26.2 Å². The Morgan fingerprint density at radius 2 is 1.55 bits per heavy atom. The number of unbranched alkanes of at least 4 members (excludes halogenated alkanes) is 1. The van der Waals surface area contributed by atoms with Crippen molar-refractivity contribution in [2.24, 2.45) is 22.7 Å². The van der Waals surface area contributed by atoms with Crippen molar-refractivity contribution in [3.05, 3.63) is 12.7 Å². The number of urea groups is 1. The molecular weight excluding hydrogens is 628 g/mol. The molecule has 2 fully saturated rings. The number of ketones is 1. The summed E-state index contributed by atoms with van der Waals surface area (Å²) in [4.78, 5) is 95.4. The third kappa shape index (κ3) is 11.4. The molecule has 2 aliphatic heterocycles. The minimum Gasteiger partial charge on any atom is -0.346 e. The van der Waals surface area contributed by atoms with E-state index < -0.39 is 64.5 Å². The topological polar surface area (TPSA) is 174 Å². The van der Waals surface area contributed by atoms with Gasteiger partial charge in [-0.2, -0.15) is 0 Å². The van der Waals surface area contributed by atoms with E-state index in [1.807, 2.05) is 62.3 Å². The lowest BCUT2D eigenvalue weighted by molar-refractivity contribution is -0.148. The van der Waals surface area contributed by atoms with Crippen LogP contribution >= 0.6 is 0 Å². The van der Waals surface area contributed by atoms with Crippen molar-refractivity contribution in [2.75, 3.05) is 19.6 Å². The molecule has 0 bridgehead atoms.